The maximum Gasteiger partial charge on any atom is 0.253 e. The van der Waals surface area contributed by atoms with Crippen LogP contribution in [0.25, 0.3) is 0 Å². The van der Waals surface area contributed by atoms with E-state index in [1.54, 1.807) is 30.0 Å². The lowest BCUT2D eigenvalue weighted by Gasteiger charge is -2.17. The molecule has 0 spiro atoms. The molecule has 20 heavy (non-hydrogen) atoms. The molecule has 2 N–H and O–H groups in total. The molecule has 0 saturated carbocycles. The minimum absolute atomic E-state index is 0.0270. The van der Waals surface area contributed by atoms with E-state index < -0.39 is 0 Å². The van der Waals surface area contributed by atoms with Gasteiger partial charge in [-0.1, -0.05) is 17.9 Å². The Morgan fingerprint density at radius 3 is 3.00 bits per heavy atom. The van der Waals surface area contributed by atoms with Gasteiger partial charge in [-0.15, -0.1) is 0 Å². The van der Waals surface area contributed by atoms with Crippen molar-refractivity contribution in [1.29, 1.82) is 0 Å². The highest BCUT2D eigenvalue weighted by Gasteiger charge is 2.29. The first kappa shape index (κ1) is 14.6. The molecule has 1 heterocycles. The summed E-state index contributed by atoms with van der Waals surface area (Å²) < 4.78 is 0. The first-order chi connectivity index (χ1) is 9.61. The van der Waals surface area contributed by atoms with Crippen LogP contribution < -0.4 is 0 Å². The number of likely N-dealkylation sites (tertiary alicyclic amines) is 1. The van der Waals surface area contributed by atoms with Gasteiger partial charge < -0.3 is 15.1 Å². The maximum absolute atomic E-state index is 12.4. The highest BCUT2D eigenvalue weighted by atomic mass is 16.3. The summed E-state index contributed by atoms with van der Waals surface area (Å²) in [6.07, 6.45) is 0.461. The first-order valence-electron chi connectivity index (χ1n) is 6.79. The van der Waals surface area contributed by atoms with E-state index in [2.05, 4.69) is 11.8 Å². The lowest BCUT2D eigenvalue weighted by Crippen LogP contribution is -2.30. The van der Waals surface area contributed by atoms with E-state index >= 15 is 0 Å². The summed E-state index contributed by atoms with van der Waals surface area (Å²) in [4.78, 5) is 14.2. The highest BCUT2D eigenvalue weighted by Crippen LogP contribution is 2.21. The van der Waals surface area contributed by atoms with Gasteiger partial charge in [-0.05, 0) is 31.5 Å². The molecule has 1 saturated heterocycles. The van der Waals surface area contributed by atoms with Crippen LogP contribution in [0.3, 0.4) is 0 Å². The van der Waals surface area contributed by atoms with E-state index in [0.717, 1.165) is 12.0 Å². The maximum atomic E-state index is 12.4. The summed E-state index contributed by atoms with van der Waals surface area (Å²) in [7, 11) is 0. The van der Waals surface area contributed by atoms with Crippen LogP contribution in [-0.2, 0) is 0 Å². The molecule has 1 fully saturated rings. The van der Waals surface area contributed by atoms with Crippen LogP contribution in [0.15, 0.2) is 24.3 Å². The number of carbonyl (C=O) groups is 1. The van der Waals surface area contributed by atoms with Gasteiger partial charge >= 0.3 is 0 Å². The largest absolute Gasteiger partial charge is 0.393 e. The van der Waals surface area contributed by atoms with E-state index in [-0.39, 0.29) is 24.5 Å². The number of rotatable bonds is 2. The second-order valence-electron chi connectivity index (χ2n) is 5.08. The van der Waals surface area contributed by atoms with Crippen molar-refractivity contribution in [2.24, 2.45) is 5.92 Å². The topological polar surface area (TPSA) is 60.8 Å². The highest BCUT2D eigenvalue weighted by molar-refractivity contribution is 5.94. The van der Waals surface area contributed by atoms with Gasteiger partial charge in [0.1, 0.15) is 6.61 Å². The van der Waals surface area contributed by atoms with E-state index in [0.29, 0.717) is 18.7 Å². The van der Waals surface area contributed by atoms with Gasteiger partial charge in [0.25, 0.3) is 5.91 Å². The molecule has 2 rings (SSSR count). The van der Waals surface area contributed by atoms with Crippen molar-refractivity contribution in [2.45, 2.75) is 19.4 Å². The van der Waals surface area contributed by atoms with Gasteiger partial charge in [-0.3, -0.25) is 4.79 Å². The number of hydrogen-bond acceptors (Lipinski definition) is 3. The third-order valence-corrected chi connectivity index (χ3v) is 3.62. The molecule has 0 radical (unpaired) electrons. The Labute approximate surface area is 119 Å². The van der Waals surface area contributed by atoms with Crippen molar-refractivity contribution in [3.63, 3.8) is 0 Å². The Balaban J connectivity index is 2.10. The Kier molecular flexibility index (Phi) is 4.78. The molecular formula is C16H19NO3. The van der Waals surface area contributed by atoms with Gasteiger partial charge in [0, 0.05) is 30.1 Å². The Morgan fingerprint density at radius 2 is 2.35 bits per heavy atom. The molecule has 0 bridgehead atoms. The number of aliphatic hydroxyl groups is 2. The molecule has 1 amide bonds. The predicted octanol–water partition coefficient (Wildman–Crippen LogP) is 0.873. The van der Waals surface area contributed by atoms with Crippen LogP contribution in [0.5, 0.6) is 0 Å². The minimum atomic E-state index is -0.380. The van der Waals surface area contributed by atoms with Crippen LogP contribution in [0.4, 0.5) is 0 Å². The van der Waals surface area contributed by atoms with Crippen molar-refractivity contribution >= 4 is 5.91 Å². The van der Waals surface area contributed by atoms with Gasteiger partial charge in [0.05, 0.1) is 6.10 Å². The minimum Gasteiger partial charge on any atom is -0.393 e. The molecule has 0 aliphatic carbocycles. The number of hydrogen-bond donors (Lipinski definition) is 2. The van der Waals surface area contributed by atoms with Crippen LogP contribution in [0.1, 0.15) is 29.3 Å². The standard InChI is InChI=1S/C16H19NO3/c1-12(19)15-7-8-17(11-15)16(20)14-6-2-4-13(10-14)5-3-9-18/h2,4,6,10,12,15,18-19H,7-9,11H2,1H3. The van der Waals surface area contributed by atoms with Crippen molar-refractivity contribution < 1.29 is 15.0 Å². The monoisotopic (exact) mass is 273 g/mol. The zero-order chi connectivity index (χ0) is 14.5. The van der Waals surface area contributed by atoms with Gasteiger partial charge in [-0.2, -0.15) is 0 Å². The van der Waals surface area contributed by atoms with Gasteiger partial charge in [-0.25, -0.2) is 0 Å². The number of amides is 1. The number of carbonyl (C=O) groups excluding carboxylic acids is 1. The molecule has 1 aromatic carbocycles. The number of benzene rings is 1. The Morgan fingerprint density at radius 1 is 1.55 bits per heavy atom. The van der Waals surface area contributed by atoms with Crippen molar-refractivity contribution in [2.75, 3.05) is 19.7 Å². The van der Waals surface area contributed by atoms with E-state index in [9.17, 15) is 9.90 Å². The van der Waals surface area contributed by atoms with Crippen LogP contribution in [-0.4, -0.2) is 46.8 Å². The summed E-state index contributed by atoms with van der Waals surface area (Å²) in [5.41, 5.74) is 1.32. The van der Waals surface area contributed by atoms with Gasteiger partial charge in [0.15, 0.2) is 0 Å². The average Bonchev–Trinajstić information content (AvgIpc) is 2.94. The summed E-state index contributed by atoms with van der Waals surface area (Å²) in [5.74, 6) is 5.50. The zero-order valence-corrected chi connectivity index (χ0v) is 11.5. The Bertz CT molecular complexity index is 542. The second-order valence-corrected chi connectivity index (χ2v) is 5.08. The third-order valence-electron chi connectivity index (χ3n) is 3.62. The number of nitrogens with zero attached hydrogens (tertiary/aromatic N) is 1. The fourth-order valence-electron chi connectivity index (χ4n) is 2.42. The van der Waals surface area contributed by atoms with Crippen molar-refractivity contribution in [1.82, 2.24) is 4.90 Å². The third kappa shape index (κ3) is 3.38. The summed E-state index contributed by atoms with van der Waals surface area (Å²) >= 11 is 0. The van der Waals surface area contributed by atoms with Crippen molar-refractivity contribution in [3.05, 3.63) is 35.4 Å². The zero-order valence-electron chi connectivity index (χ0n) is 11.5. The van der Waals surface area contributed by atoms with Crippen LogP contribution >= 0.6 is 0 Å². The summed E-state index contributed by atoms with van der Waals surface area (Å²) in [5, 5.41) is 18.3. The fourth-order valence-corrected chi connectivity index (χ4v) is 2.42. The van der Waals surface area contributed by atoms with E-state index in [1.807, 2.05) is 6.07 Å². The smallest absolute Gasteiger partial charge is 0.253 e. The SMILES string of the molecule is CC(O)C1CCN(C(=O)c2cccc(C#CCO)c2)C1. The molecule has 1 aliphatic rings. The van der Waals surface area contributed by atoms with Crippen LogP contribution in [0.2, 0.25) is 0 Å². The lowest BCUT2D eigenvalue weighted by atomic mass is 10.0. The molecule has 4 nitrogen and oxygen atoms in total. The lowest BCUT2D eigenvalue weighted by molar-refractivity contribution is 0.0762. The molecule has 106 valence electrons. The molecule has 4 heteroatoms. The normalized spacial score (nSPS) is 19.4. The predicted molar refractivity (Wildman–Crippen MR) is 76.1 cm³/mol. The quantitative estimate of drug-likeness (QED) is 0.786. The molecular weight excluding hydrogens is 254 g/mol. The summed E-state index contributed by atoms with van der Waals surface area (Å²) in [6, 6.07) is 7.10. The molecule has 2 atom stereocenters. The van der Waals surface area contributed by atoms with E-state index in [1.165, 1.54) is 0 Å². The molecule has 2 unspecified atom stereocenters. The molecule has 1 aliphatic heterocycles. The van der Waals surface area contributed by atoms with Gasteiger partial charge in [0.2, 0.25) is 0 Å². The van der Waals surface area contributed by atoms with Crippen LogP contribution in [0, 0.1) is 17.8 Å². The second kappa shape index (κ2) is 6.56. The molecule has 0 aromatic heterocycles. The number of aliphatic hydroxyl groups excluding tert-OH is 2. The average molecular weight is 273 g/mol. The summed E-state index contributed by atoms with van der Waals surface area (Å²) in [6.45, 7) is 2.86. The first-order valence-corrected chi connectivity index (χ1v) is 6.79. The molecule has 1 aromatic rings. The fraction of sp³-hybridized carbons (Fsp3) is 0.438. The Hall–Kier alpha value is -1.83. The van der Waals surface area contributed by atoms with Crippen molar-refractivity contribution in [3.8, 4) is 11.8 Å². The van der Waals surface area contributed by atoms with E-state index in [4.69, 9.17) is 5.11 Å².